The third-order valence-corrected chi connectivity index (χ3v) is 3.80. The second-order valence-electron chi connectivity index (χ2n) is 5.29. The zero-order chi connectivity index (χ0) is 13.1. The minimum absolute atomic E-state index is 0.00181. The maximum absolute atomic E-state index is 13.9. The summed E-state index contributed by atoms with van der Waals surface area (Å²) < 4.78 is 26.9. The van der Waals surface area contributed by atoms with Crippen molar-refractivity contribution in [3.05, 3.63) is 35.4 Å². The summed E-state index contributed by atoms with van der Waals surface area (Å²) in [5, 5.41) is 3.40. The molecule has 0 heterocycles. The Balaban J connectivity index is 2.20. The van der Waals surface area contributed by atoms with Crippen LogP contribution in [0.2, 0.25) is 0 Å². The molecule has 0 amide bonds. The molecule has 1 nitrogen and oxygen atoms in total. The van der Waals surface area contributed by atoms with E-state index in [-0.39, 0.29) is 6.04 Å². The molecule has 100 valence electrons. The summed E-state index contributed by atoms with van der Waals surface area (Å²) >= 11 is 0. The van der Waals surface area contributed by atoms with Crippen LogP contribution in [0.4, 0.5) is 8.78 Å². The third kappa shape index (κ3) is 3.08. The van der Waals surface area contributed by atoms with Crippen molar-refractivity contribution in [3.8, 4) is 0 Å². The van der Waals surface area contributed by atoms with Crippen molar-refractivity contribution < 1.29 is 8.78 Å². The number of hydrogen-bond donors (Lipinski definition) is 1. The van der Waals surface area contributed by atoms with E-state index in [1.165, 1.54) is 18.9 Å². The standard InChI is InChI=1S/C15H21F2N/c1-3-8-18-15(10(2)11-4-5-11)13-7-6-12(16)9-14(13)17/h6-7,9-11,15,18H,3-5,8H2,1-2H3. The molecule has 1 aromatic rings. The highest BCUT2D eigenvalue weighted by Gasteiger charge is 2.34. The molecule has 0 saturated heterocycles. The summed E-state index contributed by atoms with van der Waals surface area (Å²) in [6, 6.07) is 3.91. The van der Waals surface area contributed by atoms with Crippen LogP contribution in [0.5, 0.6) is 0 Å². The third-order valence-electron chi connectivity index (χ3n) is 3.80. The molecule has 0 radical (unpaired) electrons. The first-order valence-electron chi connectivity index (χ1n) is 6.81. The Kier molecular flexibility index (Phi) is 4.33. The topological polar surface area (TPSA) is 12.0 Å². The van der Waals surface area contributed by atoms with Crippen LogP contribution in [0.1, 0.15) is 44.7 Å². The van der Waals surface area contributed by atoms with Gasteiger partial charge in [0.25, 0.3) is 0 Å². The van der Waals surface area contributed by atoms with E-state index in [4.69, 9.17) is 0 Å². The molecule has 0 bridgehead atoms. The van der Waals surface area contributed by atoms with Crippen LogP contribution in [0.15, 0.2) is 18.2 Å². The zero-order valence-electron chi connectivity index (χ0n) is 11.0. The van der Waals surface area contributed by atoms with Gasteiger partial charge in [-0.2, -0.15) is 0 Å². The largest absolute Gasteiger partial charge is 0.310 e. The normalized spacial score (nSPS) is 18.7. The Labute approximate surface area is 108 Å². The Morgan fingerprint density at radius 1 is 1.33 bits per heavy atom. The van der Waals surface area contributed by atoms with Gasteiger partial charge in [0.1, 0.15) is 11.6 Å². The monoisotopic (exact) mass is 253 g/mol. The summed E-state index contributed by atoms with van der Waals surface area (Å²) in [4.78, 5) is 0. The summed E-state index contributed by atoms with van der Waals surface area (Å²) in [6.07, 6.45) is 3.47. The van der Waals surface area contributed by atoms with E-state index >= 15 is 0 Å². The van der Waals surface area contributed by atoms with E-state index in [1.807, 2.05) is 0 Å². The summed E-state index contributed by atoms with van der Waals surface area (Å²) in [7, 11) is 0. The molecule has 0 spiro atoms. The molecule has 18 heavy (non-hydrogen) atoms. The molecule has 1 aliphatic rings. The van der Waals surface area contributed by atoms with Crippen LogP contribution in [0.3, 0.4) is 0 Å². The van der Waals surface area contributed by atoms with E-state index in [2.05, 4.69) is 19.2 Å². The van der Waals surface area contributed by atoms with E-state index < -0.39 is 11.6 Å². The van der Waals surface area contributed by atoms with Crippen LogP contribution >= 0.6 is 0 Å². The van der Waals surface area contributed by atoms with Crippen LogP contribution in [-0.4, -0.2) is 6.54 Å². The van der Waals surface area contributed by atoms with Crippen molar-refractivity contribution in [2.24, 2.45) is 11.8 Å². The molecular formula is C15H21F2N. The van der Waals surface area contributed by atoms with E-state index in [1.54, 1.807) is 6.07 Å². The molecular weight excluding hydrogens is 232 g/mol. The quantitative estimate of drug-likeness (QED) is 0.806. The molecule has 1 N–H and O–H groups in total. The molecule has 1 aliphatic carbocycles. The smallest absolute Gasteiger partial charge is 0.130 e. The Morgan fingerprint density at radius 2 is 2.06 bits per heavy atom. The van der Waals surface area contributed by atoms with Crippen molar-refractivity contribution in [3.63, 3.8) is 0 Å². The number of nitrogens with one attached hydrogen (secondary N) is 1. The summed E-state index contributed by atoms with van der Waals surface area (Å²) in [5.74, 6) is 0.140. The van der Waals surface area contributed by atoms with Gasteiger partial charge < -0.3 is 5.32 Å². The zero-order valence-corrected chi connectivity index (χ0v) is 11.0. The maximum atomic E-state index is 13.9. The minimum Gasteiger partial charge on any atom is -0.310 e. The lowest BCUT2D eigenvalue weighted by atomic mass is 9.90. The highest BCUT2D eigenvalue weighted by Crippen LogP contribution is 2.43. The fraction of sp³-hybridized carbons (Fsp3) is 0.600. The van der Waals surface area contributed by atoms with E-state index in [0.29, 0.717) is 17.4 Å². The van der Waals surface area contributed by atoms with Crippen LogP contribution < -0.4 is 5.32 Å². The number of rotatable bonds is 6. The highest BCUT2D eigenvalue weighted by molar-refractivity contribution is 5.23. The molecule has 2 rings (SSSR count). The van der Waals surface area contributed by atoms with Crippen LogP contribution in [0.25, 0.3) is 0 Å². The van der Waals surface area contributed by atoms with Crippen molar-refractivity contribution >= 4 is 0 Å². The highest BCUT2D eigenvalue weighted by atomic mass is 19.1. The minimum atomic E-state index is -0.510. The molecule has 1 fully saturated rings. The molecule has 0 aliphatic heterocycles. The van der Waals surface area contributed by atoms with Gasteiger partial charge in [-0.3, -0.25) is 0 Å². The van der Waals surface area contributed by atoms with Crippen molar-refractivity contribution in [1.29, 1.82) is 0 Å². The average molecular weight is 253 g/mol. The van der Waals surface area contributed by atoms with Gasteiger partial charge in [0, 0.05) is 17.7 Å². The lowest BCUT2D eigenvalue weighted by Gasteiger charge is -2.26. The first-order valence-corrected chi connectivity index (χ1v) is 6.81. The van der Waals surface area contributed by atoms with Crippen LogP contribution in [0, 0.1) is 23.5 Å². The van der Waals surface area contributed by atoms with Crippen molar-refractivity contribution in [1.82, 2.24) is 5.32 Å². The lowest BCUT2D eigenvalue weighted by molar-refractivity contribution is 0.340. The van der Waals surface area contributed by atoms with Gasteiger partial charge in [-0.15, -0.1) is 0 Å². The van der Waals surface area contributed by atoms with Gasteiger partial charge >= 0.3 is 0 Å². The lowest BCUT2D eigenvalue weighted by Crippen LogP contribution is -2.29. The molecule has 2 atom stereocenters. The van der Waals surface area contributed by atoms with Crippen LogP contribution in [-0.2, 0) is 0 Å². The summed E-state index contributed by atoms with van der Waals surface area (Å²) in [5.41, 5.74) is 0.601. The molecule has 2 unspecified atom stereocenters. The molecule has 1 aromatic carbocycles. The predicted octanol–water partition coefficient (Wildman–Crippen LogP) is 4.05. The first kappa shape index (κ1) is 13.5. The van der Waals surface area contributed by atoms with Gasteiger partial charge in [-0.1, -0.05) is 19.9 Å². The summed E-state index contributed by atoms with van der Waals surface area (Å²) in [6.45, 7) is 5.11. The maximum Gasteiger partial charge on any atom is 0.130 e. The van der Waals surface area contributed by atoms with Gasteiger partial charge in [0.2, 0.25) is 0 Å². The van der Waals surface area contributed by atoms with Gasteiger partial charge in [-0.25, -0.2) is 8.78 Å². The van der Waals surface area contributed by atoms with Gasteiger partial charge in [0.15, 0.2) is 0 Å². The Hall–Kier alpha value is -0.960. The second kappa shape index (κ2) is 5.79. The second-order valence-corrected chi connectivity index (χ2v) is 5.29. The first-order chi connectivity index (χ1) is 8.63. The Bertz CT molecular complexity index is 401. The number of hydrogen-bond acceptors (Lipinski definition) is 1. The molecule has 1 saturated carbocycles. The Morgan fingerprint density at radius 3 is 2.61 bits per heavy atom. The molecule has 3 heteroatoms. The van der Waals surface area contributed by atoms with Crippen molar-refractivity contribution in [2.75, 3.05) is 6.54 Å². The van der Waals surface area contributed by atoms with Gasteiger partial charge in [0.05, 0.1) is 0 Å². The SMILES string of the molecule is CCCNC(c1ccc(F)cc1F)C(C)C1CC1. The van der Waals surface area contributed by atoms with E-state index in [9.17, 15) is 8.78 Å². The number of halogens is 2. The molecule has 0 aromatic heterocycles. The van der Waals surface area contributed by atoms with Crippen molar-refractivity contribution in [2.45, 2.75) is 39.2 Å². The van der Waals surface area contributed by atoms with E-state index in [0.717, 1.165) is 19.0 Å². The predicted molar refractivity (Wildman–Crippen MR) is 69.3 cm³/mol. The fourth-order valence-corrected chi connectivity index (χ4v) is 2.53. The van der Waals surface area contributed by atoms with Gasteiger partial charge in [-0.05, 0) is 43.7 Å². The average Bonchev–Trinajstić information content (AvgIpc) is 3.15. The number of benzene rings is 1. The fourth-order valence-electron chi connectivity index (χ4n) is 2.53.